The van der Waals surface area contributed by atoms with Crippen molar-refractivity contribution in [1.29, 1.82) is 0 Å². The highest BCUT2D eigenvalue weighted by Gasteiger charge is 2.38. The van der Waals surface area contributed by atoms with E-state index in [1.165, 1.54) is 0 Å². The molecule has 0 aromatic carbocycles. The predicted octanol–water partition coefficient (Wildman–Crippen LogP) is 2.51. The molecule has 0 spiro atoms. The van der Waals surface area contributed by atoms with Crippen molar-refractivity contribution in [3.8, 4) is 0 Å². The molecule has 1 aromatic heterocycles. The van der Waals surface area contributed by atoms with Crippen molar-refractivity contribution in [2.24, 2.45) is 11.7 Å². The molecule has 19 heavy (non-hydrogen) atoms. The van der Waals surface area contributed by atoms with Crippen molar-refractivity contribution in [1.82, 2.24) is 10.2 Å². The van der Waals surface area contributed by atoms with Crippen LogP contribution in [0.15, 0.2) is 0 Å². The molecule has 2 N–H and O–H groups in total. The van der Waals surface area contributed by atoms with Crippen LogP contribution in [0.5, 0.6) is 0 Å². The lowest BCUT2D eigenvalue weighted by molar-refractivity contribution is -0.138. The molecule has 0 bridgehead atoms. The number of aromatic nitrogens is 2. The Morgan fingerprint density at radius 1 is 1.37 bits per heavy atom. The molecule has 2 rings (SSSR count). The molecule has 2 unspecified atom stereocenters. The van der Waals surface area contributed by atoms with Gasteiger partial charge in [0.1, 0.15) is 0 Å². The molecule has 1 fully saturated rings. The minimum absolute atomic E-state index is 0.184. The Labute approximate surface area is 113 Å². The fourth-order valence-corrected chi connectivity index (χ4v) is 3.49. The lowest BCUT2D eigenvalue weighted by atomic mass is 10.0. The summed E-state index contributed by atoms with van der Waals surface area (Å²) in [5, 5.41) is 6.41. The predicted molar refractivity (Wildman–Crippen MR) is 68.1 cm³/mol. The smallest absolute Gasteiger partial charge is 0.344 e. The van der Waals surface area contributed by atoms with Gasteiger partial charge in [-0.3, -0.25) is 0 Å². The summed E-state index contributed by atoms with van der Waals surface area (Å²) in [7, 11) is 0. The molecule has 1 aromatic rings. The van der Waals surface area contributed by atoms with E-state index in [2.05, 4.69) is 10.2 Å². The van der Waals surface area contributed by atoms with E-state index in [4.69, 9.17) is 5.73 Å². The minimum atomic E-state index is -4.42. The first-order valence-corrected chi connectivity index (χ1v) is 7.16. The summed E-state index contributed by atoms with van der Waals surface area (Å²) >= 11 is 0.610. The summed E-state index contributed by atoms with van der Waals surface area (Å²) in [6.07, 6.45) is -1.37. The third-order valence-corrected chi connectivity index (χ3v) is 4.57. The normalized spacial score (nSPS) is 23.8. The molecular formula is C11H17F3N4S. The van der Waals surface area contributed by atoms with Crippen LogP contribution in [0.1, 0.15) is 31.2 Å². The first-order valence-electron chi connectivity index (χ1n) is 6.34. The molecule has 0 aliphatic heterocycles. The SMILES string of the molecule is CCN(c1nnc(C(F)(F)F)s1)C1CCCC1CN. The minimum Gasteiger partial charge on any atom is -0.344 e. The molecule has 8 heteroatoms. The molecule has 4 nitrogen and oxygen atoms in total. The van der Waals surface area contributed by atoms with Crippen LogP contribution in [0.4, 0.5) is 18.3 Å². The lowest BCUT2D eigenvalue weighted by Gasteiger charge is -2.31. The Morgan fingerprint density at radius 3 is 2.63 bits per heavy atom. The van der Waals surface area contributed by atoms with Crippen LogP contribution < -0.4 is 10.6 Å². The third kappa shape index (κ3) is 3.00. The number of alkyl halides is 3. The fourth-order valence-electron chi connectivity index (χ4n) is 2.66. The Balaban J connectivity index is 2.20. The average Bonchev–Trinajstić information content (AvgIpc) is 2.97. The van der Waals surface area contributed by atoms with Gasteiger partial charge < -0.3 is 10.6 Å². The van der Waals surface area contributed by atoms with Crippen molar-refractivity contribution in [2.75, 3.05) is 18.0 Å². The summed E-state index contributed by atoms with van der Waals surface area (Å²) in [5.74, 6) is 0.332. The van der Waals surface area contributed by atoms with Gasteiger partial charge in [0.25, 0.3) is 0 Å². The van der Waals surface area contributed by atoms with E-state index >= 15 is 0 Å². The van der Waals surface area contributed by atoms with Crippen LogP contribution in [0.2, 0.25) is 0 Å². The number of nitrogens with zero attached hydrogens (tertiary/aromatic N) is 3. The van der Waals surface area contributed by atoms with Crippen molar-refractivity contribution >= 4 is 16.5 Å². The maximum atomic E-state index is 12.6. The zero-order chi connectivity index (χ0) is 14.0. The Bertz CT molecular complexity index is 420. The summed E-state index contributed by atoms with van der Waals surface area (Å²) in [6.45, 7) is 3.10. The molecule has 0 radical (unpaired) electrons. The van der Waals surface area contributed by atoms with E-state index in [0.29, 0.717) is 35.5 Å². The van der Waals surface area contributed by atoms with Gasteiger partial charge in [0, 0.05) is 12.6 Å². The second-order valence-electron chi connectivity index (χ2n) is 4.67. The Hall–Kier alpha value is -0.890. The lowest BCUT2D eigenvalue weighted by Crippen LogP contribution is -2.40. The van der Waals surface area contributed by atoms with Gasteiger partial charge in [-0.05, 0) is 32.2 Å². The van der Waals surface area contributed by atoms with Gasteiger partial charge in [0.05, 0.1) is 0 Å². The molecule has 0 amide bonds. The third-order valence-electron chi connectivity index (χ3n) is 3.57. The Kier molecular flexibility index (Phi) is 4.29. The number of anilines is 1. The second kappa shape index (κ2) is 5.62. The highest BCUT2D eigenvalue weighted by molar-refractivity contribution is 7.15. The molecule has 1 aliphatic rings. The average molecular weight is 294 g/mol. The Morgan fingerprint density at radius 2 is 2.11 bits per heavy atom. The number of hydrogen-bond acceptors (Lipinski definition) is 5. The van der Waals surface area contributed by atoms with E-state index in [-0.39, 0.29) is 6.04 Å². The van der Waals surface area contributed by atoms with Gasteiger partial charge in [-0.2, -0.15) is 13.2 Å². The highest BCUT2D eigenvalue weighted by atomic mass is 32.1. The maximum Gasteiger partial charge on any atom is 0.445 e. The molecule has 108 valence electrons. The van der Waals surface area contributed by atoms with Crippen LogP contribution in [0.25, 0.3) is 0 Å². The van der Waals surface area contributed by atoms with Gasteiger partial charge in [0.2, 0.25) is 10.1 Å². The van der Waals surface area contributed by atoms with Gasteiger partial charge in [-0.1, -0.05) is 17.8 Å². The molecule has 2 atom stereocenters. The molecule has 0 saturated heterocycles. The van der Waals surface area contributed by atoms with Crippen LogP contribution in [0, 0.1) is 5.92 Å². The van der Waals surface area contributed by atoms with E-state index in [0.717, 1.165) is 19.3 Å². The van der Waals surface area contributed by atoms with Gasteiger partial charge in [-0.15, -0.1) is 10.2 Å². The quantitative estimate of drug-likeness (QED) is 0.927. The summed E-state index contributed by atoms with van der Waals surface area (Å²) in [5.41, 5.74) is 5.73. The van der Waals surface area contributed by atoms with Crippen LogP contribution in [-0.4, -0.2) is 29.3 Å². The zero-order valence-corrected chi connectivity index (χ0v) is 11.5. The van der Waals surface area contributed by atoms with Gasteiger partial charge >= 0.3 is 6.18 Å². The molecule has 1 heterocycles. The van der Waals surface area contributed by atoms with Crippen molar-refractivity contribution in [2.45, 2.75) is 38.4 Å². The van der Waals surface area contributed by atoms with Crippen LogP contribution >= 0.6 is 11.3 Å². The van der Waals surface area contributed by atoms with Crippen molar-refractivity contribution < 1.29 is 13.2 Å². The summed E-state index contributed by atoms with van der Waals surface area (Å²) < 4.78 is 37.7. The van der Waals surface area contributed by atoms with Gasteiger partial charge in [0.15, 0.2) is 0 Å². The zero-order valence-electron chi connectivity index (χ0n) is 10.7. The topological polar surface area (TPSA) is 55.0 Å². The van der Waals surface area contributed by atoms with Crippen LogP contribution in [-0.2, 0) is 6.18 Å². The second-order valence-corrected chi connectivity index (χ2v) is 5.62. The summed E-state index contributed by atoms with van der Waals surface area (Å²) in [6, 6.07) is 0.184. The van der Waals surface area contributed by atoms with Crippen molar-refractivity contribution in [3.05, 3.63) is 5.01 Å². The number of nitrogens with two attached hydrogens (primary N) is 1. The van der Waals surface area contributed by atoms with E-state index in [1.807, 2.05) is 11.8 Å². The molecular weight excluding hydrogens is 277 g/mol. The fraction of sp³-hybridized carbons (Fsp3) is 0.818. The number of halogens is 3. The summed E-state index contributed by atoms with van der Waals surface area (Å²) in [4.78, 5) is 1.91. The van der Waals surface area contributed by atoms with E-state index < -0.39 is 11.2 Å². The molecule has 1 saturated carbocycles. The van der Waals surface area contributed by atoms with Crippen LogP contribution in [0.3, 0.4) is 0 Å². The molecule has 1 aliphatic carbocycles. The first-order chi connectivity index (χ1) is 8.97. The van der Waals surface area contributed by atoms with E-state index in [1.54, 1.807) is 0 Å². The highest BCUT2D eigenvalue weighted by Crippen LogP contribution is 2.37. The van der Waals surface area contributed by atoms with E-state index in [9.17, 15) is 13.2 Å². The number of hydrogen-bond donors (Lipinski definition) is 1. The maximum absolute atomic E-state index is 12.6. The number of rotatable bonds is 4. The standard InChI is InChI=1S/C11H17F3N4S/c1-2-18(8-5-3-4-7(8)6-15)10-17-16-9(19-10)11(12,13)14/h7-8H,2-6,15H2,1H3. The van der Waals surface area contributed by atoms with Gasteiger partial charge in [-0.25, -0.2) is 0 Å². The first kappa shape index (κ1) is 14.5. The monoisotopic (exact) mass is 294 g/mol. The largest absolute Gasteiger partial charge is 0.445 e. The van der Waals surface area contributed by atoms with Crippen molar-refractivity contribution in [3.63, 3.8) is 0 Å².